The quantitative estimate of drug-likeness (QED) is 0.762. The maximum atomic E-state index is 14.5. The maximum Gasteiger partial charge on any atom is 0.251 e. The molecule has 0 radical (unpaired) electrons. The van der Waals surface area contributed by atoms with Gasteiger partial charge in [-0.05, 0) is 49.6 Å². The third kappa shape index (κ3) is 4.84. The zero-order valence-electron chi connectivity index (χ0n) is 17.4. The van der Waals surface area contributed by atoms with Crippen LogP contribution in [-0.2, 0) is 9.59 Å². The van der Waals surface area contributed by atoms with Crippen LogP contribution in [-0.4, -0.2) is 30.3 Å². The van der Waals surface area contributed by atoms with E-state index in [0.717, 1.165) is 5.56 Å². The Bertz CT molecular complexity index is 957. The topological polar surface area (TPSA) is 78.5 Å². The lowest BCUT2D eigenvalue weighted by atomic mass is 10.0. The molecule has 1 atom stereocenters. The zero-order valence-corrected chi connectivity index (χ0v) is 17.4. The molecule has 1 saturated heterocycles. The smallest absolute Gasteiger partial charge is 0.251 e. The van der Waals surface area contributed by atoms with Gasteiger partial charge >= 0.3 is 0 Å². The van der Waals surface area contributed by atoms with Crippen LogP contribution in [0.4, 0.5) is 15.8 Å². The van der Waals surface area contributed by atoms with Gasteiger partial charge in [0.05, 0.1) is 5.69 Å². The number of nitrogens with zero attached hydrogens (tertiary/aromatic N) is 1. The molecule has 1 unspecified atom stereocenters. The summed E-state index contributed by atoms with van der Waals surface area (Å²) in [4.78, 5) is 38.5. The second kappa shape index (κ2) is 9.07. The molecule has 2 aromatic rings. The van der Waals surface area contributed by atoms with Crippen LogP contribution in [0.25, 0.3) is 0 Å². The summed E-state index contributed by atoms with van der Waals surface area (Å²) in [5.41, 5.74) is 1.97. The van der Waals surface area contributed by atoms with Crippen molar-refractivity contribution < 1.29 is 18.8 Å². The van der Waals surface area contributed by atoms with Gasteiger partial charge in [-0.2, -0.15) is 0 Å². The molecular weight excluding hydrogens is 385 g/mol. The summed E-state index contributed by atoms with van der Waals surface area (Å²) in [7, 11) is 0. The van der Waals surface area contributed by atoms with Crippen molar-refractivity contribution in [3.63, 3.8) is 0 Å². The van der Waals surface area contributed by atoms with Crippen molar-refractivity contribution >= 4 is 29.1 Å². The van der Waals surface area contributed by atoms with E-state index in [1.165, 1.54) is 17.0 Å². The van der Waals surface area contributed by atoms with E-state index in [2.05, 4.69) is 10.6 Å². The van der Waals surface area contributed by atoms with Crippen LogP contribution in [0.1, 0.15) is 42.6 Å². The average Bonchev–Trinajstić information content (AvgIpc) is 3.12. The van der Waals surface area contributed by atoms with E-state index in [1.807, 2.05) is 32.9 Å². The van der Waals surface area contributed by atoms with E-state index in [0.29, 0.717) is 24.9 Å². The normalized spacial score (nSPS) is 14.7. The van der Waals surface area contributed by atoms with Crippen LogP contribution < -0.4 is 15.5 Å². The van der Waals surface area contributed by atoms with Crippen molar-refractivity contribution in [2.75, 3.05) is 16.8 Å². The number of anilines is 2. The zero-order chi connectivity index (χ0) is 21.8. The first-order valence-electron chi connectivity index (χ1n) is 10.0. The number of rotatable bonds is 6. The number of halogens is 1. The van der Waals surface area contributed by atoms with E-state index in [4.69, 9.17) is 0 Å². The molecule has 6 nitrogen and oxygen atoms in total. The van der Waals surface area contributed by atoms with Gasteiger partial charge in [0.1, 0.15) is 11.9 Å². The van der Waals surface area contributed by atoms with Crippen molar-refractivity contribution in [2.45, 2.75) is 39.7 Å². The van der Waals surface area contributed by atoms with Crippen molar-refractivity contribution in [1.29, 1.82) is 0 Å². The fraction of sp³-hybridized carbons (Fsp3) is 0.348. The molecule has 3 rings (SSSR count). The molecule has 1 aliphatic heterocycles. The number of amides is 3. The monoisotopic (exact) mass is 411 g/mol. The Kier molecular flexibility index (Phi) is 6.50. The summed E-state index contributed by atoms with van der Waals surface area (Å²) in [5.74, 6) is -1.64. The Morgan fingerprint density at radius 3 is 2.37 bits per heavy atom. The van der Waals surface area contributed by atoms with E-state index < -0.39 is 17.8 Å². The van der Waals surface area contributed by atoms with Gasteiger partial charge in [-0.3, -0.25) is 14.4 Å². The van der Waals surface area contributed by atoms with E-state index in [-0.39, 0.29) is 29.1 Å². The van der Waals surface area contributed by atoms with Crippen molar-refractivity contribution in [3.05, 3.63) is 59.4 Å². The Balaban J connectivity index is 1.70. The van der Waals surface area contributed by atoms with Crippen LogP contribution >= 0.6 is 0 Å². The number of aryl methyl sites for hydroxylation is 1. The molecule has 7 heteroatoms. The van der Waals surface area contributed by atoms with Gasteiger partial charge in [0.25, 0.3) is 5.91 Å². The number of hydrogen-bond donors (Lipinski definition) is 2. The highest BCUT2D eigenvalue weighted by molar-refractivity contribution is 6.01. The Labute approximate surface area is 175 Å². The predicted molar refractivity (Wildman–Crippen MR) is 114 cm³/mol. The molecule has 0 aliphatic carbocycles. The number of benzene rings is 2. The molecule has 1 fully saturated rings. The summed E-state index contributed by atoms with van der Waals surface area (Å²) >= 11 is 0. The lowest BCUT2D eigenvalue weighted by Crippen LogP contribution is -2.47. The Hall–Kier alpha value is -3.22. The lowest BCUT2D eigenvalue weighted by Gasteiger charge is -2.22. The second-order valence-electron chi connectivity index (χ2n) is 7.87. The average molecular weight is 411 g/mol. The van der Waals surface area contributed by atoms with Crippen LogP contribution in [0.2, 0.25) is 0 Å². The minimum absolute atomic E-state index is 0.107. The second-order valence-corrected chi connectivity index (χ2v) is 7.87. The first kappa shape index (κ1) is 21.5. The highest BCUT2D eigenvalue weighted by Gasteiger charge is 2.27. The van der Waals surface area contributed by atoms with E-state index in [9.17, 15) is 18.8 Å². The Morgan fingerprint density at radius 2 is 1.80 bits per heavy atom. The van der Waals surface area contributed by atoms with Gasteiger partial charge in [0, 0.05) is 24.2 Å². The van der Waals surface area contributed by atoms with Gasteiger partial charge in [-0.15, -0.1) is 0 Å². The number of carbonyl (C=O) groups excluding carboxylic acids is 3. The van der Waals surface area contributed by atoms with Crippen LogP contribution in [0.15, 0.2) is 42.5 Å². The molecule has 2 aromatic carbocycles. The van der Waals surface area contributed by atoms with Crippen molar-refractivity contribution in [3.8, 4) is 0 Å². The highest BCUT2D eigenvalue weighted by Crippen LogP contribution is 2.27. The molecule has 0 aromatic heterocycles. The molecule has 0 saturated carbocycles. The third-order valence-electron chi connectivity index (χ3n) is 5.13. The van der Waals surface area contributed by atoms with Crippen LogP contribution in [0.5, 0.6) is 0 Å². The number of nitrogens with one attached hydrogen (secondary N) is 2. The van der Waals surface area contributed by atoms with E-state index >= 15 is 0 Å². The van der Waals surface area contributed by atoms with Crippen molar-refractivity contribution in [2.24, 2.45) is 5.92 Å². The molecule has 1 aliphatic rings. The molecule has 3 amide bonds. The van der Waals surface area contributed by atoms with Gasteiger partial charge < -0.3 is 15.5 Å². The molecule has 0 spiro atoms. The highest BCUT2D eigenvalue weighted by atomic mass is 19.1. The number of carbonyl (C=O) groups is 3. The summed E-state index contributed by atoms with van der Waals surface area (Å²) in [5, 5.41) is 5.41. The molecule has 158 valence electrons. The standard InChI is InChI=1S/C23H26FN3O3/c1-14(2)21(26-22(29)16-8-6-15(3)7-9-16)23(30)25-17-10-11-19(18(24)13-17)27-12-4-5-20(27)28/h6-11,13-14,21H,4-5,12H2,1-3H3,(H,25,30)(H,26,29). The fourth-order valence-corrected chi connectivity index (χ4v) is 3.39. The van der Waals surface area contributed by atoms with Gasteiger partial charge in [0.2, 0.25) is 11.8 Å². The summed E-state index contributed by atoms with van der Waals surface area (Å²) < 4.78 is 14.5. The molecule has 2 N–H and O–H groups in total. The van der Waals surface area contributed by atoms with Gasteiger partial charge in [-0.25, -0.2) is 4.39 Å². The summed E-state index contributed by atoms with van der Waals surface area (Å²) in [6, 6.07) is 10.5. The predicted octanol–water partition coefficient (Wildman–Crippen LogP) is 3.65. The largest absolute Gasteiger partial charge is 0.340 e. The van der Waals surface area contributed by atoms with Crippen LogP contribution in [0, 0.1) is 18.7 Å². The molecule has 0 bridgehead atoms. The Morgan fingerprint density at radius 1 is 1.10 bits per heavy atom. The molecule has 30 heavy (non-hydrogen) atoms. The maximum absolute atomic E-state index is 14.5. The fourth-order valence-electron chi connectivity index (χ4n) is 3.39. The minimum Gasteiger partial charge on any atom is -0.340 e. The van der Waals surface area contributed by atoms with Crippen molar-refractivity contribution in [1.82, 2.24) is 5.32 Å². The van der Waals surface area contributed by atoms with Gasteiger partial charge in [-0.1, -0.05) is 31.5 Å². The summed E-state index contributed by atoms with van der Waals surface area (Å²) in [6.45, 7) is 6.06. The lowest BCUT2D eigenvalue weighted by molar-refractivity contribution is -0.119. The van der Waals surface area contributed by atoms with Gasteiger partial charge in [0.15, 0.2) is 0 Å². The number of hydrogen-bond acceptors (Lipinski definition) is 3. The molecular formula is C23H26FN3O3. The first-order chi connectivity index (χ1) is 14.3. The first-order valence-corrected chi connectivity index (χ1v) is 10.0. The molecule has 1 heterocycles. The minimum atomic E-state index is -0.790. The third-order valence-corrected chi connectivity index (χ3v) is 5.13. The van der Waals surface area contributed by atoms with E-state index in [1.54, 1.807) is 18.2 Å². The summed E-state index contributed by atoms with van der Waals surface area (Å²) in [6.07, 6.45) is 1.11. The SMILES string of the molecule is Cc1ccc(C(=O)NC(C(=O)Nc2ccc(N3CCCC3=O)c(F)c2)C(C)C)cc1. The van der Waals surface area contributed by atoms with Crippen LogP contribution in [0.3, 0.4) is 0 Å².